The van der Waals surface area contributed by atoms with Crippen LogP contribution in [0.5, 0.6) is 0 Å². The van der Waals surface area contributed by atoms with Crippen LogP contribution in [0.1, 0.15) is 18.4 Å². The van der Waals surface area contributed by atoms with E-state index in [1.165, 1.54) is 5.56 Å². The van der Waals surface area contributed by atoms with Crippen LogP contribution in [0.15, 0.2) is 59.1 Å². The molecule has 1 aliphatic heterocycles. The molecule has 0 radical (unpaired) electrons. The highest BCUT2D eigenvalue weighted by Crippen LogP contribution is 2.19. The van der Waals surface area contributed by atoms with Crippen molar-refractivity contribution in [3.05, 3.63) is 64.6 Å². The van der Waals surface area contributed by atoms with Crippen LogP contribution in [0.4, 0.5) is 5.95 Å². The number of likely N-dealkylation sites (tertiary alicyclic amines) is 1. The topological polar surface area (TPSA) is 58.9 Å². The Bertz CT molecular complexity index is 825. The molecule has 26 heavy (non-hydrogen) atoms. The smallest absolute Gasteiger partial charge is 0.247 e. The highest BCUT2D eigenvalue weighted by atomic mass is 79.9. The first-order valence-corrected chi connectivity index (χ1v) is 9.64. The lowest BCUT2D eigenvalue weighted by molar-refractivity contribution is 0.211. The highest BCUT2D eigenvalue weighted by molar-refractivity contribution is 9.10. The van der Waals surface area contributed by atoms with Crippen molar-refractivity contribution < 1.29 is 0 Å². The van der Waals surface area contributed by atoms with Crippen LogP contribution < -0.4 is 5.32 Å². The molecule has 0 amide bonds. The molecule has 0 spiro atoms. The van der Waals surface area contributed by atoms with E-state index in [0.29, 0.717) is 12.0 Å². The van der Waals surface area contributed by atoms with E-state index in [1.807, 2.05) is 30.3 Å². The third-order valence-electron chi connectivity index (χ3n) is 4.71. The molecule has 0 saturated carbocycles. The van der Waals surface area contributed by atoms with Gasteiger partial charge < -0.3 is 5.32 Å². The molecule has 0 atom stereocenters. The van der Waals surface area contributed by atoms with Crippen molar-refractivity contribution in [1.82, 2.24) is 25.1 Å². The van der Waals surface area contributed by atoms with Crippen LogP contribution in [0, 0.1) is 0 Å². The van der Waals surface area contributed by atoms with Gasteiger partial charge in [-0.2, -0.15) is 4.68 Å². The number of hydrogen-bond donors (Lipinski definition) is 1. The molecule has 134 valence electrons. The summed E-state index contributed by atoms with van der Waals surface area (Å²) in [5.74, 6) is 0.711. The number of benzene rings is 2. The van der Waals surface area contributed by atoms with Crippen molar-refractivity contribution in [2.75, 3.05) is 18.4 Å². The van der Waals surface area contributed by atoms with Crippen molar-refractivity contribution in [2.45, 2.75) is 25.4 Å². The van der Waals surface area contributed by atoms with Gasteiger partial charge in [0.25, 0.3) is 0 Å². The van der Waals surface area contributed by atoms with Gasteiger partial charge in [0, 0.05) is 30.1 Å². The average Bonchev–Trinajstić information content (AvgIpc) is 3.14. The third kappa shape index (κ3) is 4.11. The Morgan fingerprint density at radius 3 is 2.46 bits per heavy atom. The summed E-state index contributed by atoms with van der Waals surface area (Å²) in [6.45, 7) is 3.14. The Labute approximate surface area is 161 Å². The SMILES string of the molecule is Brc1ccc(CN2CCC(Nc3nnnn3-c3ccccc3)CC2)cc1. The standard InChI is InChI=1S/C19H21BrN6/c20-16-8-6-15(7-9-16)14-25-12-10-17(11-13-25)21-19-22-23-24-26(19)18-4-2-1-3-5-18/h1-9,17H,10-14H2,(H,21,22,24). The molecule has 7 heteroatoms. The second-order valence-corrected chi connectivity index (χ2v) is 7.49. The molecule has 2 heterocycles. The van der Waals surface area contributed by atoms with E-state index in [9.17, 15) is 0 Å². The van der Waals surface area contributed by atoms with Crippen molar-refractivity contribution in [3.8, 4) is 5.69 Å². The fraction of sp³-hybridized carbons (Fsp3) is 0.316. The largest absolute Gasteiger partial charge is 0.350 e. The molecule has 0 aliphatic carbocycles. The van der Waals surface area contributed by atoms with Crippen molar-refractivity contribution in [3.63, 3.8) is 0 Å². The average molecular weight is 413 g/mol. The summed E-state index contributed by atoms with van der Waals surface area (Å²) in [4.78, 5) is 2.50. The minimum absolute atomic E-state index is 0.393. The number of aromatic nitrogens is 4. The van der Waals surface area contributed by atoms with E-state index < -0.39 is 0 Å². The summed E-state index contributed by atoms with van der Waals surface area (Å²) in [6.07, 6.45) is 2.16. The molecule has 6 nitrogen and oxygen atoms in total. The van der Waals surface area contributed by atoms with Gasteiger partial charge in [-0.05, 0) is 53.1 Å². The zero-order valence-corrected chi connectivity index (χ0v) is 16.0. The van der Waals surface area contributed by atoms with Crippen molar-refractivity contribution >= 4 is 21.9 Å². The maximum absolute atomic E-state index is 4.15. The first-order chi connectivity index (χ1) is 12.8. The lowest BCUT2D eigenvalue weighted by Crippen LogP contribution is -2.39. The van der Waals surface area contributed by atoms with E-state index >= 15 is 0 Å². The number of tetrazole rings is 1. The summed E-state index contributed by atoms with van der Waals surface area (Å²) >= 11 is 3.49. The molecule has 1 saturated heterocycles. The Kier molecular flexibility index (Phi) is 5.26. The number of para-hydroxylation sites is 1. The molecular weight excluding hydrogens is 392 g/mol. The third-order valence-corrected chi connectivity index (χ3v) is 5.24. The number of piperidine rings is 1. The number of halogens is 1. The minimum atomic E-state index is 0.393. The first kappa shape index (κ1) is 17.2. The minimum Gasteiger partial charge on any atom is -0.350 e. The number of hydrogen-bond acceptors (Lipinski definition) is 5. The molecule has 0 unspecified atom stereocenters. The van der Waals surface area contributed by atoms with Crippen molar-refractivity contribution in [1.29, 1.82) is 0 Å². The quantitative estimate of drug-likeness (QED) is 0.694. The second kappa shape index (κ2) is 7.97. The maximum Gasteiger partial charge on any atom is 0.247 e. The van der Waals surface area contributed by atoms with E-state index in [-0.39, 0.29) is 0 Å². The Balaban J connectivity index is 1.33. The van der Waals surface area contributed by atoms with Crippen LogP contribution in [-0.2, 0) is 6.54 Å². The molecule has 2 aromatic carbocycles. The van der Waals surface area contributed by atoms with Gasteiger partial charge >= 0.3 is 0 Å². The summed E-state index contributed by atoms with van der Waals surface area (Å²) in [5.41, 5.74) is 2.32. The van der Waals surface area contributed by atoms with Crippen LogP contribution in [0.25, 0.3) is 5.69 Å². The van der Waals surface area contributed by atoms with Gasteiger partial charge in [0.15, 0.2) is 0 Å². The van der Waals surface area contributed by atoms with Gasteiger partial charge in [0.05, 0.1) is 5.69 Å². The molecule has 1 fully saturated rings. The summed E-state index contributed by atoms with van der Waals surface area (Å²) in [7, 11) is 0. The number of nitrogens with zero attached hydrogens (tertiary/aromatic N) is 5. The molecular formula is C19H21BrN6. The van der Waals surface area contributed by atoms with E-state index in [0.717, 1.165) is 42.6 Å². The summed E-state index contributed by atoms with van der Waals surface area (Å²) < 4.78 is 2.88. The Morgan fingerprint density at radius 1 is 1.00 bits per heavy atom. The van der Waals surface area contributed by atoms with E-state index in [4.69, 9.17) is 0 Å². The zero-order valence-electron chi connectivity index (χ0n) is 14.4. The van der Waals surface area contributed by atoms with Gasteiger partial charge in [-0.3, -0.25) is 4.90 Å². The molecule has 1 aliphatic rings. The number of nitrogens with one attached hydrogen (secondary N) is 1. The number of anilines is 1. The van der Waals surface area contributed by atoms with E-state index in [2.05, 4.69) is 65.9 Å². The highest BCUT2D eigenvalue weighted by Gasteiger charge is 2.21. The van der Waals surface area contributed by atoms with E-state index in [1.54, 1.807) is 4.68 Å². The van der Waals surface area contributed by atoms with Crippen LogP contribution >= 0.6 is 15.9 Å². The lowest BCUT2D eigenvalue weighted by atomic mass is 10.0. The molecule has 3 aromatic rings. The van der Waals surface area contributed by atoms with Crippen LogP contribution in [0.3, 0.4) is 0 Å². The molecule has 1 aromatic heterocycles. The monoisotopic (exact) mass is 412 g/mol. The van der Waals surface area contributed by atoms with Gasteiger partial charge in [-0.25, -0.2) is 0 Å². The fourth-order valence-corrected chi connectivity index (χ4v) is 3.55. The van der Waals surface area contributed by atoms with Crippen LogP contribution in [0.2, 0.25) is 0 Å². The summed E-state index contributed by atoms with van der Waals surface area (Å²) in [6, 6.07) is 18.9. The second-order valence-electron chi connectivity index (χ2n) is 6.57. The predicted octanol–water partition coefficient (Wildman–Crippen LogP) is 3.50. The summed E-state index contributed by atoms with van der Waals surface area (Å²) in [5, 5.41) is 15.6. The Hall–Kier alpha value is -2.25. The van der Waals surface area contributed by atoms with Gasteiger partial charge in [-0.15, -0.1) is 0 Å². The van der Waals surface area contributed by atoms with Crippen molar-refractivity contribution in [2.24, 2.45) is 0 Å². The van der Waals surface area contributed by atoms with Crippen LogP contribution in [-0.4, -0.2) is 44.2 Å². The molecule has 0 bridgehead atoms. The van der Waals surface area contributed by atoms with Gasteiger partial charge in [0.1, 0.15) is 0 Å². The Morgan fingerprint density at radius 2 is 1.73 bits per heavy atom. The number of rotatable bonds is 5. The first-order valence-electron chi connectivity index (χ1n) is 8.85. The van der Waals surface area contributed by atoms with Gasteiger partial charge in [-0.1, -0.05) is 51.4 Å². The maximum atomic E-state index is 4.15. The zero-order chi connectivity index (χ0) is 17.8. The molecule has 1 N–H and O–H groups in total. The lowest BCUT2D eigenvalue weighted by Gasteiger charge is -2.32. The fourth-order valence-electron chi connectivity index (χ4n) is 3.29. The normalized spacial score (nSPS) is 15.9. The predicted molar refractivity (Wildman–Crippen MR) is 105 cm³/mol. The molecule has 4 rings (SSSR count). The van der Waals surface area contributed by atoms with Gasteiger partial charge in [0.2, 0.25) is 5.95 Å².